The van der Waals surface area contributed by atoms with Gasteiger partial charge in [-0.1, -0.05) is 23.2 Å². The van der Waals surface area contributed by atoms with Crippen LogP contribution < -0.4 is 5.32 Å². The Kier molecular flexibility index (Phi) is 6.51. The number of thiophene rings is 1. The second-order valence-electron chi connectivity index (χ2n) is 7.83. The van der Waals surface area contributed by atoms with Crippen LogP contribution in [0, 0.1) is 11.3 Å². The molecule has 1 fully saturated rings. The molecular formula is C21H11Cl2F7N4OS. The molecule has 0 radical (unpaired) electrons. The smallest absolute Gasteiger partial charge is 0.349 e. The molecule has 1 amide bonds. The fourth-order valence-electron chi connectivity index (χ4n) is 3.32. The van der Waals surface area contributed by atoms with Gasteiger partial charge in [0.2, 0.25) is 0 Å². The highest BCUT2D eigenvalue weighted by molar-refractivity contribution is 7.16. The average molecular weight is 571 g/mol. The van der Waals surface area contributed by atoms with Crippen LogP contribution in [-0.4, -0.2) is 34.1 Å². The van der Waals surface area contributed by atoms with Crippen molar-refractivity contribution in [3.05, 3.63) is 56.6 Å². The molecule has 0 unspecified atom stereocenters. The summed E-state index contributed by atoms with van der Waals surface area (Å²) in [7, 11) is 0. The minimum absolute atomic E-state index is 0.0557. The van der Waals surface area contributed by atoms with Gasteiger partial charge in [-0.15, -0.1) is 11.3 Å². The summed E-state index contributed by atoms with van der Waals surface area (Å²) < 4.78 is 94.1. The van der Waals surface area contributed by atoms with Crippen LogP contribution in [0.5, 0.6) is 0 Å². The SMILES string of the molecule is N#Cc1sc(-c2cnn(-c3c(Cl)cc(C(F)(C(F)(F)F)C(F)(F)F)cc3Cl)c2)cc1C(=O)NC1CC1. The van der Waals surface area contributed by atoms with Gasteiger partial charge in [0.05, 0.1) is 21.8 Å². The maximum absolute atomic E-state index is 14.4. The molecule has 1 saturated carbocycles. The van der Waals surface area contributed by atoms with E-state index >= 15 is 0 Å². The van der Waals surface area contributed by atoms with Crippen molar-refractivity contribution in [1.82, 2.24) is 15.1 Å². The predicted molar refractivity (Wildman–Crippen MR) is 117 cm³/mol. The molecule has 4 rings (SSSR count). The summed E-state index contributed by atoms with van der Waals surface area (Å²) in [6.45, 7) is 0. The Balaban J connectivity index is 1.71. The number of nitrogens with one attached hydrogen (secondary N) is 1. The van der Waals surface area contributed by atoms with Gasteiger partial charge in [0.1, 0.15) is 16.6 Å². The molecule has 3 aromatic rings. The maximum Gasteiger partial charge on any atom is 0.435 e. The fraction of sp³-hybridized carbons (Fsp3) is 0.286. The number of nitriles is 1. The van der Waals surface area contributed by atoms with Gasteiger partial charge < -0.3 is 5.32 Å². The van der Waals surface area contributed by atoms with Crippen molar-refractivity contribution < 1.29 is 35.5 Å². The normalized spacial score (nSPS) is 14.6. The van der Waals surface area contributed by atoms with Gasteiger partial charge >= 0.3 is 18.0 Å². The Bertz CT molecular complexity index is 1350. The highest BCUT2D eigenvalue weighted by Gasteiger charge is 2.73. The lowest BCUT2D eigenvalue weighted by Gasteiger charge is -2.30. The molecule has 0 saturated heterocycles. The Morgan fingerprint density at radius 1 is 1.08 bits per heavy atom. The summed E-state index contributed by atoms with van der Waals surface area (Å²) in [6.07, 6.45) is -8.43. The minimum atomic E-state index is -6.33. The van der Waals surface area contributed by atoms with Crippen molar-refractivity contribution in [2.45, 2.75) is 36.9 Å². The van der Waals surface area contributed by atoms with E-state index in [0.717, 1.165) is 28.9 Å². The number of carbonyl (C=O) groups excluding carboxylic acids is 1. The third-order valence-corrected chi connectivity index (χ3v) is 6.95. The highest BCUT2D eigenvalue weighted by Crippen LogP contribution is 2.54. The molecule has 0 atom stereocenters. The van der Waals surface area contributed by atoms with Crippen LogP contribution >= 0.6 is 34.5 Å². The number of hydrogen-bond acceptors (Lipinski definition) is 4. The van der Waals surface area contributed by atoms with Crippen LogP contribution in [0.3, 0.4) is 0 Å². The van der Waals surface area contributed by atoms with E-state index in [2.05, 4.69) is 10.4 Å². The van der Waals surface area contributed by atoms with E-state index in [1.807, 2.05) is 6.07 Å². The molecule has 15 heteroatoms. The highest BCUT2D eigenvalue weighted by atomic mass is 35.5. The van der Waals surface area contributed by atoms with Crippen LogP contribution in [0.15, 0.2) is 30.6 Å². The van der Waals surface area contributed by atoms with Gasteiger partial charge in [-0.05, 0) is 31.0 Å². The zero-order valence-corrected chi connectivity index (χ0v) is 19.8. The predicted octanol–water partition coefficient (Wildman–Crippen LogP) is 6.96. The monoisotopic (exact) mass is 570 g/mol. The Hall–Kier alpha value is -2.82. The van der Waals surface area contributed by atoms with E-state index in [0.29, 0.717) is 10.4 Å². The van der Waals surface area contributed by atoms with E-state index < -0.39 is 39.5 Å². The minimum Gasteiger partial charge on any atom is -0.349 e. The standard InChI is InChI=1S/C21H11Cl2F7N4OS/c22-13-3-10(19(24,20(25,26)27)21(28,29)30)4-14(23)17(13)34-8-9(7-32-34)15-5-12(16(6-31)36-15)18(35)33-11-1-2-11/h3-5,7-8,11H,1-2H2,(H,33,35). The molecule has 190 valence electrons. The van der Waals surface area contributed by atoms with Crippen molar-refractivity contribution in [3.8, 4) is 22.2 Å². The summed E-state index contributed by atoms with van der Waals surface area (Å²) in [5.41, 5.74) is -7.34. The zero-order valence-electron chi connectivity index (χ0n) is 17.4. The van der Waals surface area contributed by atoms with E-state index in [4.69, 9.17) is 23.2 Å². The van der Waals surface area contributed by atoms with Crippen molar-refractivity contribution in [2.75, 3.05) is 0 Å². The van der Waals surface area contributed by atoms with Crippen molar-refractivity contribution in [3.63, 3.8) is 0 Å². The summed E-state index contributed by atoms with van der Waals surface area (Å²) in [4.78, 5) is 13.0. The molecule has 36 heavy (non-hydrogen) atoms. The summed E-state index contributed by atoms with van der Waals surface area (Å²) in [5.74, 6) is -0.422. The van der Waals surface area contributed by atoms with Crippen molar-refractivity contribution in [2.24, 2.45) is 0 Å². The first-order chi connectivity index (χ1) is 16.7. The van der Waals surface area contributed by atoms with Gasteiger partial charge in [0.25, 0.3) is 5.91 Å². The lowest BCUT2D eigenvalue weighted by Crippen LogP contribution is -2.50. The lowest BCUT2D eigenvalue weighted by atomic mass is 9.94. The molecule has 5 nitrogen and oxygen atoms in total. The van der Waals surface area contributed by atoms with Crippen LogP contribution in [0.25, 0.3) is 16.1 Å². The lowest BCUT2D eigenvalue weighted by molar-refractivity contribution is -0.348. The van der Waals surface area contributed by atoms with E-state index in [-0.39, 0.29) is 34.3 Å². The maximum atomic E-state index is 14.4. The van der Waals surface area contributed by atoms with Crippen molar-refractivity contribution >= 4 is 40.4 Å². The van der Waals surface area contributed by atoms with Crippen LogP contribution in [-0.2, 0) is 5.67 Å². The molecule has 1 aliphatic rings. The van der Waals surface area contributed by atoms with Crippen molar-refractivity contribution in [1.29, 1.82) is 5.26 Å². The van der Waals surface area contributed by atoms with Crippen LogP contribution in [0.4, 0.5) is 30.7 Å². The Labute approximate surface area is 212 Å². The molecular weight excluding hydrogens is 560 g/mol. The molecule has 2 aromatic heterocycles. The van der Waals surface area contributed by atoms with Gasteiger partial charge in [0, 0.05) is 28.2 Å². The first-order valence-electron chi connectivity index (χ1n) is 9.89. The molecule has 1 aromatic carbocycles. The Morgan fingerprint density at radius 3 is 2.17 bits per heavy atom. The number of amides is 1. The number of nitrogens with zero attached hydrogens (tertiary/aromatic N) is 3. The first kappa shape index (κ1) is 26.2. The zero-order chi connectivity index (χ0) is 26.6. The fourth-order valence-corrected chi connectivity index (χ4v) is 4.91. The third kappa shape index (κ3) is 4.53. The summed E-state index contributed by atoms with van der Waals surface area (Å²) >= 11 is 12.9. The third-order valence-electron chi connectivity index (χ3n) is 5.28. The molecule has 0 aliphatic heterocycles. The van der Waals surface area contributed by atoms with Gasteiger partial charge in [-0.3, -0.25) is 4.79 Å². The van der Waals surface area contributed by atoms with E-state index in [1.54, 1.807) is 0 Å². The molecule has 2 heterocycles. The Morgan fingerprint density at radius 2 is 1.67 bits per heavy atom. The van der Waals surface area contributed by atoms with Gasteiger partial charge in [-0.25, -0.2) is 9.07 Å². The molecule has 1 aliphatic carbocycles. The first-order valence-corrected chi connectivity index (χ1v) is 11.5. The topological polar surface area (TPSA) is 70.7 Å². The number of aromatic nitrogens is 2. The summed E-state index contributed by atoms with van der Waals surface area (Å²) in [5, 5.41) is 14.7. The molecule has 0 bridgehead atoms. The molecule has 1 N–H and O–H groups in total. The number of rotatable bonds is 5. The number of hydrogen-bond donors (Lipinski definition) is 1. The second kappa shape index (κ2) is 8.93. The summed E-state index contributed by atoms with van der Waals surface area (Å²) in [6, 6.07) is 3.81. The van der Waals surface area contributed by atoms with Gasteiger partial charge in [0.15, 0.2) is 0 Å². The largest absolute Gasteiger partial charge is 0.435 e. The number of alkyl halides is 7. The number of benzene rings is 1. The number of halogens is 9. The van der Waals surface area contributed by atoms with Crippen LogP contribution in [0.1, 0.15) is 33.6 Å². The second-order valence-corrected chi connectivity index (χ2v) is 9.70. The molecule has 0 spiro atoms. The van der Waals surface area contributed by atoms with E-state index in [1.165, 1.54) is 18.5 Å². The van der Waals surface area contributed by atoms with Gasteiger partial charge in [-0.2, -0.15) is 36.7 Å². The average Bonchev–Trinajstić information content (AvgIpc) is 3.27. The van der Waals surface area contributed by atoms with E-state index in [9.17, 15) is 40.8 Å². The number of carbonyl (C=O) groups is 1. The van der Waals surface area contributed by atoms with Crippen LogP contribution in [0.2, 0.25) is 10.0 Å². The quantitative estimate of drug-likeness (QED) is 0.337.